The number of carbonyl (C=O) groups is 1. The monoisotopic (exact) mass is 292 g/mol. The van der Waals surface area contributed by atoms with Gasteiger partial charge in [0.1, 0.15) is 6.29 Å². The van der Waals surface area contributed by atoms with Crippen LogP contribution in [-0.2, 0) is 4.79 Å². The number of rotatable bonds is 3. The molecule has 0 radical (unpaired) electrons. The number of hydrogen-bond donors (Lipinski definition) is 0. The summed E-state index contributed by atoms with van der Waals surface area (Å²) in [5.74, 6) is 0. The summed E-state index contributed by atoms with van der Waals surface area (Å²) in [6.45, 7) is 0. The summed E-state index contributed by atoms with van der Waals surface area (Å²) in [5, 5.41) is 4.14. The molecule has 1 aliphatic rings. The average molecular weight is 292 g/mol. The largest absolute Gasteiger partial charge is 0.298 e. The predicted octanol–water partition coefficient (Wildman–Crippen LogP) is 4.61. The normalized spacial score (nSPS) is 21.0. The minimum absolute atomic E-state index is 0.178. The second-order valence-corrected chi connectivity index (χ2v) is 6.67. The van der Waals surface area contributed by atoms with Gasteiger partial charge in [0.15, 0.2) is 0 Å². The maximum atomic E-state index is 10.9. The molecule has 2 aromatic carbocycles. The fraction of sp³-hybridized carbons (Fsp3) is 0.0526. The van der Waals surface area contributed by atoms with E-state index in [2.05, 4.69) is 41.8 Å². The van der Waals surface area contributed by atoms with Gasteiger partial charge in [-0.3, -0.25) is 4.79 Å². The molecular formula is C19H16OS. The Morgan fingerprint density at radius 2 is 1.57 bits per heavy atom. The Morgan fingerprint density at radius 1 is 0.905 bits per heavy atom. The highest BCUT2D eigenvalue weighted by Crippen LogP contribution is 2.42. The first-order valence-corrected chi connectivity index (χ1v) is 8.29. The van der Waals surface area contributed by atoms with Crippen LogP contribution in [0.2, 0.25) is 0 Å². The van der Waals surface area contributed by atoms with Gasteiger partial charge in [0.25, 0.3) is 0 Å². The Bertz CT molecular complexity index is 712. The molecule has 0 saturated carbocycles. The van der Waals surface area contributed by atoms with Crippen LogP contribution < -0.4 is 0 Å². The third-order valence-corrected chi connectivity index (χ3v) is 5.35. The third kappa shape index (κ3) is 3.11. The van der Waals surface area contributed by atoms with Gasteiger partial charge in [-0.25, -0.2) is 0 Å². The van der Waals surface area contributed by atoms with Crippen LogP contribution in [0.1, 0.15) is 16.4 Å². The molecule has 0 fully saturated rings. The molecule has 0 amide bonds. The molecule has 0 saturated heterocycles. The molecule has 0 bridgehead atoms. The minimum atomic E-state index is -0.178. The van der Waals surface area contributed by atoms with Gasteiger partial charge in [-0.15, -0.1) is 10.5 Å². The van der Waals surface area contributed by atoms with E-state index in [0.717, 1.165) is 6.29 Å². The smallest absolute Gasteiger partial charge is 0.148 e. The van der Waals surface area contributed by atoms with E-state index in [1.807, 2.05) is 36.4 Å². The molecular weight excluding hydrogens is 276 g/mol. The lowest BCUT2D eigenvalue weighted by Gasteiger charge is -2.21. The molecule has 0 aromatic heterocycles. The van der Waals surface area contributed by atoms with Crippen molar-refractivity contribution in [2.45, 2.75) is 5.25 Å². The zero-order chi connectivity index (χ0) is 14.5. The van der Waals surface area contributed by atoms with E-state index in [-0.39, 0.29) is 15.7 Å². The molecule has 3 rings (SSSR count). The van der Waals surface area contributed by atoms with E-state index in [4.69, 9.17) is 0 Å². The van der Waals surface area contributed by atoms with E-state index in [1.165, 1.54) is 16.7 Å². The molecule has 2 atom stereocenters. The van der Waals surface area contributed by atoms with Crippen LogP contribution in [0.3, 0.4) is 0 Å². The van der Waals surface area contributed by atoms with Gasteiger partial charge in [-0.2, -0.15) is 0 Å². The van der Waals surface area contributed by atoms with Gasteiger partial charge >= 0.3 is 0 Å². The zero-order valence-corrected chi connectivity index (χ0v) is 12.4. The Morgan fingerprint density at radius 3 is 2.24 bits per heavy atom. The van der Waals surface area contributed by atoms with Crippen LogP contribution >= 0.6 is 10.5 Å². The van der Waals surface area contributed by atoms with Crippen molar-refractivity contribution in [2.24, 2.45) is 0 Å². The molecule has 2 unspecified atom stereocenters. The molecule has 21 heavy (non-hydrogen) atoms. The summed E-state index contributed by atoms with van der Waals surface area (Å²) >= 11 is 0. The quantitative estimate of drug-likeness (QED) is 0.596. The standard InChI is InChI=1S/C19H16OS/c20-12-14-21-13-11-18(16-7-3-1-4-8-16)15-19(21)17-9-5-2-6-10-17/h1-15,19H. The van der Waals surface area contributed by atoms with Crippen LogP contribution in [0.5, 0.6) is 0 Å². The molecule has 104 valence electrons. The highest BCUT2D eigenvalue weighted by Gasteiger charge is 2.16. The van der Waals surface area contributed by atoms with Crippen molar-refractivity contribution in [2.75, 3.05) is 0 Å². The van der Waals surface area contributed by atoms with E-state index in [9.17, 15) is 4.79 Å². The lowest BCUT2D eigenvalue weighted by atomic mass is 10.0. The van der Waals surface area contributed by atoms with Gasteiger partial charge in [-0.05, 0) is 28.2 Å². The topological polar surface area (TPSA) is 17.1 Å². The first kappa shape index (κ1) is 13.8. The average Bonchev–Trinajstić information content (AvgIpc) is 2.57. The van der Waals surface area contributed by atoms with Crippen LogP contribution in [0, 0.1) is 0 Å². The fourth-order valence-corrected chi connectivity index (χ4v) is 4.08. The number of benzene rings is 2. The number of aldehydes is 1. The molecule has 2 aromatic rings. The third-order valence-electron chi connectivity index (χ3n) is 3.48. The van der Waals surface area contributed by atoms with Crippen molar-refractivity contribution in [1.29, 1.82) is 0 Å². The summed E-state index contributed by atoms with van der Waals surface area (Å²) in [6, 6.07) is 20.7. The van der Waals surface area contributed by atoms with Crippen molar-refractivity contribution in [3.63, 3.8) is 0 Å². The van der Waals surface area contributed by atoms with E-state index < -0.39 is 0 Å². The van der Waals surface area contributed by atoms with Crippen LogP contribution in [0.4, 0.5) is 0 Å². The Hall–Kier alpha value is -2.19. The molecule has 0 aliphatic carbocycles. The Labute approximate surface area is 127 Å². The SMILES string of the molecule is O=CC=S1C=CC(c2ccccc2)=CC1c1ccccc1. The van der Waals surface area contributed by atoms with E-state index >= 15 is 0 Å². The number of allylic oxidation sites excluding steroid dienone is 2. The van der Waals surface area contributed by atoms with Gasteiger partial charge < -0.3 is 0 Å². The predicted molar refractivity (Wildman–Crippen MR) is 92.5 cm³/mol. The summed E-state index contributed by atoms with van der Waals surface area (Å²) in [5.41, 5.74) is 3.67. The van der Waals surface area contributed by atoms with Crippen LogP contribution in [-0.4, -0.2) is 11.7 Å². The Balaban J connectivity index is 2.04. The van der Waals surface area contributed by atoms with Crippen molar-refractivity contribution >= 4 is 27.7 Å². The molecule has 2 heteroatoms. The van der Waals surface area contributed by atoms with Crippen LogP contribution in [0.25, 0.3) is 5.57 Å². The highest BCUT2D eigenvalue weighted by atomic mass is 32.2. The minimum Gasteiger partial charge on any atom is -0.298 e. The van der Waals surface area contributed by atoms with Gasteiger partial charge in [0.2, 0.25) is 0 Å². The summed E-state index contributed by atoms with van der Waals surface area (Å²) in [6.07, 6.45) is 5.30. The summed E-state index contributed by atoms with van der Waals surface area (Å²) in [7, 11) is -0.178. The second kappa shape index (κ2) is 6.51. The maximum absolute atomic E-state index is 10.9. The van der Waals surface area contributed by atoms with Gasteiger partial charge in [-0.1, -0.05) is 66.7 Å². The van der Waals surface area contributed by atoms with Crippen LogP contribution in [0.15, 0.2) is 78.2 Å². The molecule has 1 heterocycles. The maximum Gasteiger partial charge on any atom is 0.148 e. The lowest BCUT2D eigenvalue weighted by Crippen LogP contribution is -1.98. The van der Waals surface area contributed by atoms with Crippen molar-refractivity contribution < 1.29 is 4.79 Å². The number of hydrogen-bond acceptors (Lipinski definition) is 1. The zero-order valence-electron chi connectivity index (χ0n) is 11.6. The molecule has 1 aliphatic heterocycles. The summed E-state index contributed by atoms with van der Waals surface area (Å²) < 4.78 is 0. The van der Waals surface area contributed by atoms with E-state index in [0.29, 0.717) is 0 Å². The highest BCUT2D eigenvalue weighted by molar-refractivity contribution is 8.18. The Kier molecular flexibility index (Phi) is 4.27. The summed E-state index contributed by atoms with van der Waals surface area (Å²) in [4.78, 5) is 10.9. The fourth-order valence-electron chi connectivity index (χ4n) is 2.45. The molecule has 1 nitrogen and oxygen atoms in total. The lowest BCUT2D eigenvalue weighted by molar-refractivity contribution is -0.102. The number of carbonyl (C=O) groups excluding carboxylic acids is 1. The second-order valence-electron chi connectivity index (χ2n) is 4.80. The van der Waals surface area contributed by atoms with Crippen molar-refractivity contribution in [1.82, 2.24) is 0 Å². The first-order valence-electron chi connectivity index (χ1n) is 6.88. The van der Waals surface area contributed by atoms with Crippen molar-refractivity contribution in [3.05, 3.63) is 89.4 Å². The van der Waals surface area contributed by atoms with Gasteiger partial charge in [0.05, 0.1) is 0 Å². The van der Waals surface area contributed by atoms with Crippen molar-refractivity contribution in [3.8, 4) is 0 Å². The molecule has 0 N–H and O–H groups in total. The van der Waals surface area contributed by atoms with E-state index in [1.54, 1.807) is 5.37 Å². The molecule has 0 spiro atoms. The first-order chi connectivity index (χ1) is 10.4. The van der Waals surface area contributed by atoms with Gasteiger partial charge in [0, 0.05) is 10.6 Å².